The topological polar surface area (TPSA) is 46.5 Å². The van der Waals surface area contributed by atoms with E-state index in [0.29, 0.717) is 6.61 Å². The summed E-state index contributed by atoms with van der Waals surface area (Å²) in [6, 6.07) is 0. The number of hydrogen-bond donors (Lipinski definition) is 1. The van der Waals surface area contributed by atoms with Crippen LogP contribution >= 0.6 is 0 Å². The summed E-state index contributed by atoms with van der Waals surface area (Å²) in [6.45, 7) is 3.25. The molecule has 0 aliphatic carbocycles. The molecule has 0 bridgehead atoms. The molecule has 0 aliphatic heterocycles. The molecule has 0 aromatic heterocycles. The van der Waals surface area contributed by atoms with Crippen molar-refractivity contribution in [3.8, 4) is 0 Å². The number of unbranched alkanes of at least 4 members (excludes halogenated alkanes) is 2. The van der Waals surface area contributed by atoms with Crippen LogP contribution < -0.4 is 0 Å². The maximum Gasteiger partial charge on any atom is 0.328 e. The van der Waals surface area contributed by atoms with Crippen LogP contribution in [-0.4, -0.2) is 24.3 Å². The summed E-state index contributed by atoms with van der Waals surface area (Å²) in [5.41, 5.74) is 0. The lowest BCUT2D eigenvalue weighted by atomic mass is 10.3. The Balaban J connectivity index is 3.05. The molecule has 0 aromatic carbocycles. The van der Waals surface area contributed by atoms with Crippen LogP contribution in [-0.2, 0) is 9.53 Å². The first kappa shape index (κ1) is 11.2. The Morgan fingerprint density at radius 1 is 1.50 bits per heavy atom. The van der Waals surface area contributed by atoms with E-state index in [1.807, 2.05) is 0 Å². The second kappa shape index (κ2) is 8.27. The van der Waals surface area contributed by atoms with Crippen LogP contribution in [0.5, 0.6) is 0 Å². The first-order chi connectivity index (χ1) is 5.77. The predicted molar refractivity (Wildman–Crippen MR) is 47.1 cm³/mol. The number of rotatable bonds is 7. The zero-order valence-electron chi connectivity index (χ0n) is 7.45. The lowest BCUT2D eigenvalue weighted by Crippen LogP contribution is -1.95. The van der Waals surface area contributed by atoms with Gasteiger partial charge in [-0.05, 0) is 6.42 Å². The molecule has 3 heteroatoms. The fourth-order valence-corrected chi connectivity index (χ4v) is 0.754. The molecule has 0 heterocycles. The molecule has 0 saturated carbocycles. The molecule has 70 valence electrons. The average Bonchev–Trinajstić information content (AvgIpc) is 2.02. The molecular weight excluding hydrogens is 156 g/mol. The van der Waals surface area contributed by atoms with Gasteiger partial charge in [-0.1, -0.05) is 25.8 Å². The monoisotopic (exact) mass is 172 g/mol. The van der Waals surface area contributed by atoms with Gasteiger partial charge in [0.1, 0.15) is 0 Å². The van der Waals surface area contributed by atoms with Crippen molar-refractivity contribution in [1.82, 2.24) is 0 Å². The van der Waals surface area contributed by atoms with Crippen molar-refractivity contribution in [3.63, 3.8) is 0 Å². The molecule has 0 aromatic rings. The fourth-order valence-electron chi connectivity index (χ4n) is 0.754. The van der Waals surface area contributed by atoms with Crippen molar-refractivity contribution in [2.24, 2.45) is 0 Å². The molecular formula is C9H16O3. The lowest BCUT2D eigenvalue weighted by molar-refractivity contribution is -0.131. The molecule has 0 rings (SSSR count). The highest BCUT2D eigenvalue weighted by atomic mass is 16.5. The number of hydrogen-bond acceptors (Lipinski definition) is 2. The summed E-state index contributed by atoms with van der Waals surface area (Å²) >= 11 is 0. The minimum absolute atomic E-state index is 0.399. The molecule has 1 N–H and O–H groups in total. The molecule has 0 amide bonds. The van der Waals surface area contributed by atoms with Crippen LogP contribution in [0.15, 0.2) is 12.2 Å². The molecule has 3 nitrogen and oxygen atoms in total. The largest absolute Gasteiger partial charge is 0.478 e. The number of ether oxygens (including phenoxy) is 1. The maximum absolute atomic E-state index is 9.99. The molecule has 0 unspecified atom stereocenters. The third-order valence-electron chi connectivity index (χ3n) is 1.37. The van der Waals surface area contributed by atoms with Gasteiger partial charge in [-0.15, -0.1) is 0 Å². The van der Waals surface area contributed by atoms with E-state index in [2.05, 4.69) is 6.92 Å². The molecule has 0 aliphatic rings. The Morgan fingerprint density at radius 3 is 2.83 bits per heavy atom. The maximum atomic E-state index is 9.99. The summed E-state index contributed by atoms with van der Waals surface area (Å²) in [5.74, 6) is -0.924. The van der Waals surface area contributed by atoms with Gasteiger partial charge in [-0.25, -0.2) is 4.79 Å². The standard InChI is InChI=1S/C9H16O3/c1-2-3-4-7-12-8-5-6-9(10)11/h5-6H,2-4,7-8H2,1H3,(H,10,11). The van der Waals surface area contributed by atoms with Gasteiger partial charge in [0.15, 0.2) is 0 Å². The van der Waals surface area contributed by atoms with Gasteiger partial charge in [0, 0.05) is 12.7 Å². The molecule has 12 heavy (non-hydrogen) atoms. The van der Waals surface area contributed by atoms with Crippen molar-refractivity contribution in [2.45, 2.75) is 26.2 Å². The highest BCUT2D eigenvalue weighted by molar-refractivity contribution is 5.79. The van der Waals surface area contributed by atoms with E-state index in [1.165, 1.54) is 18.9 Å². The molecule has 0 spiro atoms. The van der Waals surface area contributed by atoms with Crippen LogP contribution in [0.25, 0.3) is 0 Å². The van der Waals surface area contributed by atoms with Crippen LogP contribution in [0, 0.1) is 0 Å². The highest BCUT2D eigenvalue weighted by Crippen LogP contribution is 1.93. The van der Waals surface area contributed by atoms with Gasteiger partial charge in [-0.2, -0.15) is 0 Å². The molecule has 0 radical (unpaired) electrons. The van der Waals surface area contributed by atoms with E-state index in [-0.39, 0.29) is 0 Å². The zero-order valence-corrected chi connectivity index (χ0v) is 7.45. The summed E-state index contributed by atoms with van der Waals surface area (Å²) in [5, 5.41) is 8.21. The van der Waals surface area contributed by atoms with Crippen molar-refractivity contribution in [1.29, 1.82) is 0 Å². The van der Waals surface area contributed by atoms with E-state index < -0.39 is 5.97 Å². The van der Waals surface area contributed by atoms with E-state index >= 15 is 0 Å². The Hall–Kier alpha value is -0.830. The number of carboxylic acids is 1. The first-order valence-electron chi connectivity index (χ1n) is 4.24. The number of aliphatic carboxylic acids is 1. The normalized spacial score (nSPS) is 10.8. The minimum Gasteiger partial charge on any atom is -0.478 e. The van der Waals surface area contributed by atoms with E-state index in [0.717, 1.165) is 19.1 Å². The van der Waals surface area contributed by atoms with E-state index in [1.54, 1.807) is 0 Å². The minimum atomic E-state index is -0.924. The van der Waals surface area contributed by atoms with Crippen molar-refractivity contribution in [2.75, 3.05) is 13.2 Å². The third-order valence-corrected chi connectivity index (χ3v) is 1.37. The Bertz CT molecular complexity index is 141. The lowest BCUT2D eigenvalue weighted by Gasteiger charge is -1.98. The second-order valence-electron chi connectivity index (χ2n) is 2.52. The molecule has 0 saturated heterocycles. The van der Waals surface area contributed by atoms with E-state index in [9.17, 15) is 4.79 Å². The number of carboxylic acid groups (broad SMARTS) is 1. The Morgan fingerprint density at radius 2 is 2.25 bits per heavy atom. The zero-order chi connectivity index (χ0) is 9.23. The molecule has 0 fully saturated rings. The van der Waals surface area contributed by atoms with Gasteiger partial charge < -0.3 is 9.84 Å². The fraction of sp³-hybridized carbons (Fsp3) is 0.667. The van der Waals surface area contributed by atoms with E-state index in [4.69, 9.17) is 9.84 Å². The summed E-state index contributed by atoms with van der Waals surface area (Å²) in [6.07, 6.45) is 6.00. The summed E-state index contributed by atoms with van der Waals surface area (Å²) < 4.78 is 5.14. The van der Waals surface area contributed by atoms with Gasteiger partial charge in [0.25, 0.3) is 0 Å². The quantitative estimate of drug-likeness (QED) is 0.470. The Labute approximate surface area is 73.0 Å². The highest BCUT2D eigenvalue weighted by Gasteiger charge is 1.87. The summed E-state index contributed by atoms with van der Waals surface area (Å²) in [4.78, 5) is 9.99. The average molecular weight is 172 g/mol. The van der Waals surface area contributed by atoms with Gasteiger partial charge in [-0.3, -0.25) is 0 Å². The van der Waals surface area contributed by atoms with Crippen LogP contribution in [0.3, 0.4) is 0 Å². The van der Waals surface area contributed by atoms with Crippen LogP contribution in [0.4, 0.5) is 0 Å². The van der Waals surface area contributed by atoms with Gasteiger partial charge in [0.2, 0.25) is 0 Å². The van der Waals surface area contributed by atoms with Gasteiger partial charge in [0.05, 0.1) is 6.61 Å². The van der Waals surface area contributed by atoms with Crippen LogP contribution in [0.2, 0.25) is 0 Å². The van der Waals surface area contributed by atoms with Crippen molar-refractivity contribution < 1.29 is 14.6 Å². The number of carbonyl (C=O) groups is 1. The van der Waals surface area contributed by atoms with Crippen molar-refractivity contribution >= 4 is 5.97 Å². The van der Waals surface area contributed by atoms with Gasteiger partial charge >= 0.3 is 5.97 Å². The molecule has 0 atom stereocenters. The van der Waals surface area contributed by atoms with Crippen LogP contribution in [0.1, 0.15) is 26.2 Å². The van der Waals surface area contributed by atoms with Crippen molar-refractivity contribution in [3.05, 3.63) is 12.2 Å². The first-order valence-corrected chi connectivity index (χ1v) is 4.24. The third kappa shape index (κ3) is 9.17. The Kier molecular flexibility index (Phi) is 7.70. The second-order valence-corrected chi connectivity index (χ2v) is 2.52. The summed E-state index contributed by atoms with van der Waals surface area (Å²) in [7, 11) is 0. The SMILES string of the molecule is CCCCCOCC=CC(=O)O. The predicted octanol–water partition coefficient (Wildman–Crippen LogP) is 1.83. The smallest absolute Gasteiger partial charge is 0.328 e.